The summed E-state index contributed by atoms with van der Waals surface area (Å²) in [5, 5.41) is 11.1. The number of likely N-dealkylation sites (N-methyl/N-ethyl adjacent to an activating group) is 1. The Balaban J connectivity index is 0.913. The molecule has 18 nitrogen and oxygen atoms in total. The maximum atomic E-state index is 13.3. The van der Waals surface area contributed by atoms with Crippen LogP contribution in [0.15, 0.2) is 65.7 Å². The lowest BCUT2D eigenvalue weighted by Gasteiger charge is -2.27. The van der Waals surface area contributed by atoms with Crippen molar-refractivity contribution in [3.05, 3.63) is 88.1 Å². The number of halogens is 1. The second-order valence-corrected chi connectivity index (χ2v) is 18.2. The van der Waals surface area contributed by atoms with Gasteiger partial charge < -0.3 is 35.1 Å². The number of aryl methyl sites for hydroxylation is 1. The number of imide groups is 2. The summed E-state index contributed by atoms with van der Waals surface area (Å²) < 4.78 is 43.0. The Bertz CT molecular complexity index is 2540. The van der Waals surface area contributed by atoms with Crippen molar-refractivity contribution in [2.24, 2.45) is 0 Å². The Morgan fingerprint density at radius 1 is 0.969 bits per heavy atom. The fourth-order valence-corrected chi connectivity index (χ4v) is 8.45. The largest absolute Gasteiger partial charge is 0.495 e. The maximum Gasteiger partial charge on any atom is 0.264 e. The molecule has 0 bridgehead atoms. The lowest BCUT2D eigenvalue weighted by molar-refractivity contribution is -0.136. The molecule has 3 aromatic carbocycles. The first-order chi connectivity index (χ1) is 30.6. The van der Waals surface area contributed by atoms with E-state index in [1.807, 2.05) is 19.1 Å². The third-order valence-electron chi connectivity index (χ3n) is 10.7. The van der Waals surface area contributed by atoms with Crippen molar-refractivity contribution in [3.8, 4) is 5.75 Å². The van der Waals surface area contributed by atoms with Crippen LogP contribution < -0.4 is 26.0 Å². The van der Waals surface area contributed by atoms with E-state index in [9.17, 15) is 32.4 Å². The Morgan fingerprint density at radius 2 is 1.70 bits per heavy atom. The molecular weight excluding hydrogens is 868 g/mol. The summed E-state index contributed by atoms with van der Waals surface area (Å²) in [7, 11) is -0.315. The third kappa shape index (κ3) is 11.0. The topological polar surface area (TPSA) is 228 Å². The molecule has 0 saturated carbocycles. The van der Waals surface area contributed by atoms with Crippen LogP contribution in [-0.2, 0) is 40.1 Å². The van der Waals surface area contributed by atoms with Gasteiger partial charge in [0, 0.05) is 32.2 Å². The first kappa shape index (κ1) is 47.3. The zero-order valence-corrected chi connectivity index (χ0v) is 37.7. The summed E-state index contributed by atoms with van der Waals surface area (Å²) in [4.78, 5) is 74.7. The molecule has 1 fully saturated rings. The van der Waals surface area contributed by atoms with Crippen molar-refractivity contribution in [2.45, 2.75) is 62.6 Å². The molecule has 1 atom stereocenters. The van der Waals surface area contributed by atoms with E-state index in [1.54, 1.807) is 63.2 Å². The highest BCUT2D eigenvalue weighted by Gasteiger charge is 2.45. The number of piperidine rings is 1. The number of aromatic nitrogens is 2. The number of sulfone groups is 1. The van der Waals surface area contributed by atoms with Gasteiger partial charge in [0.2, 0.25) is 23.7 Å². The number of amides is 5. The molecule has 3 heterocycles. The minimum Gasteiger partial charge on any atom is -0.495 e. The number of rotatable bonds is 21. The summed E-state index contributed by atoms with van der Waals surface area (Å²) in [6, 6.07) is 14.1. The number of carbonyl (C=O) groups is 5. The normalized spacial score (nSPS) is 15.0. The second kappa shape index (κ2) is 21.0. The molecule has 6 rings (SSSR count). The van der Waals surface area contributed by atoms with Crippen molar-refractivity contribution in [3.63, 3.8) is 0 Å². The van der Waals surface area contributed by atoms with Crippen molar-refractivity contribution in [1.29, 1.82) is 0 Å². The number of nitrogens with one attached hydrogen (secondary N) is 4. The second-order valence-electron chi connectivity index (χ2n) is 15.4. The van der Waals surface area contributed by atoms with Gasteiger partial charge in [0.05, 0.1) is 78.8 Å². The number of ether oxygens (including phenoxy) is 3. The summed E-state index contributed by atoms with van der Waals surface area (Å²) in [5.41, 5.74) is 3.64. The molecule has 4 aromatic rings. The average Bonchev–Trinajstić information content (AvgIpc) is 3.52. The number of hydrogen-bond donors (Lipinski definition) is 4. The van der Waals surface area contributed by atoms with Gasteiger partial charge in [0.1, 0.15) is 16.8 Å². The van der Waals surface area contributed by atoms with E-state index in [0.717, 1.165) is 16.0 Å². The highest BCUT2D eigenvalue weighted by molar-refractivity contribution is 7.92. The van der Waals surface area contributed by atoms with Gasteiger partial charge in [-0.1, -0.05) is 29.8 Å². The highest BCUT2D eigenvalue weighted by atomic mass is 35.5. The number of nitrogens with zero attached hydrogens (tertiary/aromatic N) is 4. The van der Waals surface area contributed by atoms with Gasteiger partial charge in [0.25, 0.3) is 11.8 Å². The van der Waals surface area contributed by atoms with E-state index in [0.29, 0.717) is 42.3 Å². The van der Waals surface area contributed by atoms with Gasteiger partial charge in [-0.3, -0.25) is 34.2 Å². The molecule has 2 aliphatic heterocycles. The highest BCUT2D eigenvalue weighted by Crippen LogP contribution is 2.35. The van der Waals surface area contributed by atoms with Gasteiger partial charge in [0.15, 0.2) is 15.7 Å². The van der Waals surface area contributed by atoms with Crippen LogP contribution >= 0.6 is 11.6 Å². The van der Waals surface area contributed by atoms with Crippen molar-refractivity contribution in [2.75, 3.05) is 69.6 Å². The van der Waals surface area contributed by atoms with E-state index >= 15 is 0 Å². The minimum absolute atomic E-state index is 0.0406. The Hall–Kier alpha value is -6.15. The molecule has 20 heteroatoms. The Labute approximate surface area is 376 Å². The quantitative estimate of drug-likeness (QED) is 0.0633. The molecular formula is C44H51ClN8O10S. The van der Waals surface area contributed by atoms with E-state index < -0.39 is 44.8 Å². The van der Waals surface area contributed by atoms with Crippen LogP contribution in [0.3, 0.4) is 0 Å². The van der Waals surface area contributed by atoms with E-state index in [2.05, 4.69) is 31.2 Å². The standard InChI is InChI=1S/C44H51ClN8O10S/c1-26(2)64(59,60)36-12-7-6-10-31(36)48-40-30(45)25-47-44(51-40)49-33-23-27(3)28(24-35(33)61-5)15-18-52(4)38(55)16-19-62-21-22-63-20-17-46-32-11-8-9-29-39(32)43(58)53(42(29)57)34-13-14-37(54)50-41(34)56/h6-12,23-26,34,46H,13-22H2,1-5H3,(H,50,54,56)(H2,47,48,49,51). The van der Waals surface area contributed by atoms with Gasteiger partial charge in [-0.25, -0.2) is 13.4 Å². The Kier molecular flexibility index (Phi) is 15.5. The van der Waals surface area contributed by atoms with Crippen molar-refractivity contribution in [1.82, 2.24) is 25.1 Å². The smallest absolute Gasteiger partial charge is 0.264 e. The molecule has 64 heavy (non-hydrogen) atoms. The van der Waals surface area contributed by atoms with E-state index in [1.165, 1.54) is 18.3 Å². The lowest BCUT2D eigenvalue weighted by Crippen LogP contribution is -2.54. The first-order valence-electron chi connectivity index (χ1n) is 20.7. The number of hydrogen-bond acceptors (Lipinski definition) is 15. The Morgan fingerprint density at radius 3 is 2.44 bits per heavy atom. The van der Waals surface area contributed by atoms with Crippen LogP contribution in [0.5, 0.6) is 5.75 Å². The maximum absolute atomic E-state index is 13.3. The number of fused-ring (bicyclic) bond motifs is 1. The third-order valence-corrected chi connectivity index (χ3v) is 13.2. The van der Waals surface area contributed by atoms with Gasteiger partial charge >= 0.3 is 0 Å². The summed E-state index contributed by atoms with van der Waals surface area (Å²) >= 11 is 6.43. The van der Waals surface area contributed by atoms with Crippen LogP contribution in [0.25, 0.3) is 0 Å². The predicted octanol–water partition coefficient (Wildman–Crippen LogP) is 5.05. The summed E-state index contributed by atoms with van der Waals surface area (Å²) in [5.74, 6) is -1.42. The van der Waals surface area contributed by atoms with Crippen LogP contribution in [0, 0.1) is 6.92 Å². The number of anilines is 5. The van der Waals surface area contributed by atoms with Gasteiger partial charge in [-0.05, 0) is 81.1 Å². The first-order valence-corrected chi connectivity index (χ1v) is 22.6. The van der Waals surface area contributed by atoms with Crippen LogP contribution in [0.4, 0.5) is 28.8 Å². The molecule has 0 aliphatic carbocycles. The molecule has 0 radical (unpaired) electrons. The molecule has 4 N–H and O–H groups in total. The number of methoxy groups -OCH3 is 1. The number of carbonyl (C=O) groups excluding carboxylic acids is 5. The van der Waals surface area contributed by atoms with E-state index in [-0.39, 0.29) is 84.4 Å². The van der Waals surface area contributed by atoms with Crippen LogP contribution in [0.1, 0.15) is 65.0 Å². The molecule has 1 aromatic heterocycles. The molecule has 340 valence electrons. The fourth-order valence-electron chi connectivity index (χ4n) is 7.11. The lowest BCUT2D eigenvalue weighted by atomic mass is 10.0. The van der Waals surface area contributed by atoms with Gasteiger partial charge in [-0.15, -0.1) is 0 Å². The average molecular weight is 919 g/mol. The van der Waals surface area contributed by atoms with Crippen LogP contribution in [-0.4, -0.2) is 123 Å². The predicted molar refractivity (Wildman–Crippen MR) is 239 cm³/mol. The minimum atomic E-state index is -3.60. The summed E-state index contributed by atoms with van der Waals surface area (Å²) in [6.07, 6.45) is 2.27. The molecule has 1 saturated heterocycles. The summed E-state index contributed by atoms with van der Waals surface area (Å²) in [6.45, 7) is 6.98. The fraction of sp³-hybridized carbons (Fsp3) is 0.386. The molecule has 5 amide bonds. The van der Waals surface area contributed by atoms with Crippen molar-refractivity contribution < 1.29 is 46.6 Å². The number of benzene rings is 3. The zero-order chi connectivity index (χ0) is 46.1. The molecule has 2 aliphatic rings. The van der Waals surface area contributed by atoms with Gasteiger partial charge in [-0.2, -0.15) is 4.98 Å². The molecule has 1 unspecified atom stereocenters. The monoisotopic (exact) mass is 918 g/mol. The van der Waals surface area contributed by atoms with Crippen molar-refractivity contribution >= 4 is 79.8 Å². The van der Waals surface area contributed by atoms with E-state index in [4.69, 9.17) is 25.8 Å². The number of para-hydroxylation sites is 1. The zero-order valence-electron chi connectivity index (χ0n) is 36.2. The molecule has 0 spiro atoms. The SMILES string of the molecule is COc1cc(CCN(C)C(=O)CCOCCOCCNc2cccc3c2C(=O)N(C2CCC(=O)NC2=O)C3=O)c(C)cc1Nc1ncc(Cl)c(Nc2ccccc2S(=O)(=O)C(C)C)n1. The van der Waals surface area contributed by atoms with Crippen LogP contribution in [0.2, 0.25) is 5.02 Å².